The molecule has 7 nitrogen and oxygen atoms in total. The Morgan fingerprint density at radius 1 is 1.32 bits per heavy atom. The van der Waals surface area contributed by atoms with Crippen molar-refractivity contribution in [3.8, 4) is 5.88 Å². The van der Waals surface area contributed by atoms with Gasteiger partial charge in [-0.15, -0.1) is 15.3 Å². The average molecular weight is 315 g/mol. The standard InChI is InChI=1S/C12H12F3N5O2/c1-19-6-7(10(18-19)22-3)11(21)20(2)9-5-4-8(16-17-9)12(13,14)15/h4-6H,1-3H3. The number of ether oxygens (including phenoxy) is 1. The topological polar surface area (TPSA) is 73.1 Å². The van der Waals surface area contributed by atoms with Crippen molar-refractivity contribution >= 4 is 11.7 Å². The van der Waals surface area contributed by atoms with Gasteiger partial charge in [-0.2, -0.15) is 13.2 Å². The average Bonchev–Trinajstić information content (AvgIpc) is 2.86. The van der Waals surface area contributed by atoms with Crippen molar-refractivity contribution in [2.45, 2.75) is 6.18 Å². The van der Waals surface area contributed by atoms with Crippen molar-refractivity contribution in [2.24, 2.45) is 7.05 Å². The number of hydrogen-bond acceptors (Lipinski definition) is 5. The van der Waals surface area contributed by atoms with Crippen LogP contribution in [0.2, 0.25) is 0 Å². The molecule has 0 saturated heterocycles. The number of alkyl halides is 3. The Morgan fingerprint density at radius 2 is 2.00 bits per heavy atom. The third-order valence-electron chi connectivity index (χ3n) is 2.81. The number of carbonyl (C=O) groups excluding carboxylic acids is 1. The summed E-state index contributed by atoms with van der Waals surface area (Å²) < 4.78 is 43.7. The van der Waals surface area contributed by atoms with Gasteiger partial charge in [0.05, 0.1) is 7.11 Å². The molecule has 0 spiro atoms. The number of hydrogen-bond donors (Lipinski definition) is 0. The van der Waals surface area contributed by atoms with Crippen LogP contribution in [-0.4, -0.2) is 40.0 Å². The van der Waals surface area contributed by atoms with Crippen LogP contribution < -0.4 is 9.64 Å². The Labute approximate surface area is 123 Å². The minimum Gasteiger partial charge on any atom is -0.479 e. The number of carbonyl (C=O) groups is 1. The van der Waals surface area contributed by atoms with Gasteiger partial charge in [0.2, 0.25) is 5.88 Å². The van der Waals surface area contributed by atoms with Crippen LogP contribution in [0.4, 0.5) is 19.0 Å². The summed E-state index contributed by atoms with van der Waals surface area (Å²) in [6, 6.07) is 1.82. The summed E-state index contributed by atoms with van der Waals surface area (Å²) in [5.74, 6) is -0.442. The summed E-state index contributed by atoms with van der Waals surface area (Å²) in [7, 11) is 4.33. The minimum absolute atomic E-state index is 0.0242. The van der Waals surface area contributed by atoms with Crippen molar-refractivity contribution in [3.05, 3.63) is 29.6 Å². The van der Waals surface area contributed by atoms with E-state index in [0.717, 1.165) is 17.0 Å². The normalized spacial score (nSPS) is 11.4. The number of amides is 1. The zero-order chi connectivity index (χ0) is 16.5. The molecule has 0 atom stereocenters. The molecular weight excluding hydrogens is 303 g/mol. The van der Waals surface area contributed by atoms with Crippen molar-refractivity contribution in [1.29, 1.82) is 0 Å². The molecule has 0 fully saturated rings. The van der Waals surface area contributed by atoms with Crippen LogP contribution in [0.15, 0.2) is 18.3 Å². The zero-order valence-corrected chi connectivity index (χ0v) is 11.9. The number of aryl methyl sites for hydroxylation is 1. The van der Waals surface area contributed by atoms with Gasteiger partial charge in [-0.05, 0) is 12.1 Å². The summed E-state index contributed by atoms with van der Waals surface area (Å²) >= 11 is 0. The van der Waals surface area contributed by atoms with Crippen LogP contribution in [0.1, 0.15) is 16.1 Å². The van der Waals surface area contributed by atoms with E-state index >= 15 is 0 Å². The lowest BCUT2D eigenvalue weighted by atomic mass is 10.3. The van der Waals surface area contributed by atoms with E-state index in [0.29, 0.717) is 0 Å². The predicted molar refractivity (Wildman–Crippen MR) is 69.5 cm³/mol. The molecule has 2 rings (SSSR count). The molecule has 1 amide bonds. The molecule has 118 valence electrons. The van der Waals surface area contributed by atoms with E-state index < -0.39 is 17.8 Å². The van der Waals surface area contributed by atoms with Crippen molar-refractivity contribution in [3.63, 3.8) is 0 Å². The predicted octanol–water partition coefficient (Wildman–Crippen LogP) is 1.51. The van der Waals surface area contributed by atoms with Crippen LogP contribution in [0.3, 0.4) is 0 Å². The number of nitrogens with zero attached hydrogens (tertiary/aromatic N) is 5. The molecule has 0 aliphatic carbocycles. The van der Waals surface area contributed by atoms with E-state index in [1.807, 2.05) is 0 Å². The second-order valence-corrected chi connectivity index (χ2v) is 4.36. The van der Waals surface area contributed by atoms with E-state index in [-0.39, 0.29) is 17.3 Å². The largest absolute Gasteiger partial charge is 0.479 e. The number of rotatable bonds is 3. The third kappa shape index (κ3) is 3.00. The molecule has 0 aliphatic rings. The van der Waals surface area contributed by atoms with Crippen LogP contribution in [0.5, 0.6) is 5.88 Å². The van der Waals surface area contributed by atoms with Gasteiger partial charge in [0.25, 0.3) is 5.91 Å². The Kier molecular flexibility index (Phi) is 4.02. The molecular formula is C12H12F3N5O2. The van der Waals surface area contributed by atoms with Gasteiger partial charge in [-0.3, -0.25) is 14.4 Å². The second-order valence-electron chi connectivity index (χ2n) is 4.36. The van der Waals surface area contributed by atoms with Crippen LogP contribution >= 0.6 is 0 Å². The van der Waals surface area contributed by atoms with Crippen molar-refractivity contribution in [1.82, 2.24) is 20.0 Å². The van der Waals surface area contributed by atoms with Crippen molar-refractivity contribution < 1.29 is 22.7 Å². The van der Waals surface area contributed by atoms with E-state index in [2.05, 4.69) is 15.3 Å². The summed E-state index contributed by atoms with van der Waals surface area (Å²) in [5, 5.41) is 10.4. The Morgan fingerprint density at radius 3 is 2.50 bits per heavy atom. The molecule has 0 saturated carbocycles. The molecule has 0 aliphatic heterocycles. The zero-order valence-electron chi connectivity index (χ0n) is 11.9. The van der Waals surface area contributed by atoms with Crippen LogP contribution in [0.25, 0.3) is 0 Å². The van der Waals surface area contributed by atoms with Crippen LogP contribution in [-0.2, 0) is 13.2 Å². The minimum atomic E-state index is -4.58. The maximum Gasteiger partial charge on any atom is 0.435 e. The van der Waals surface area contributed by atoms with Gasteiger partial charge in [0, 0.05) is 20.3 Å². The number of anilines is 1. The van der Waals surface area contributed by atoms with Gasteiger partial charge in [-0.25, -0.2) is 0 Å². The summed E-state index contributed by atoms with van der Waals surface area (Å²) in [6.07, 6.45) is -3.14. The fraction of sp³-hybridized carbons (Fsp3) is 0.333. The van der Waals surface area contributed by atoms with Gasteiger partial charge in [0.15, 0.2) is 11.5 Å². The lowest BCUT2D eigenvalue weighted by Crippen LogP contribution is -2.27. The fourth-order valence-electron chi connectivity index (χ4n) is 1.71. The van der Waals surface area contributed by atoms with Crippen molar-refractivity contribution in [2.75, 3.05) is 19.1 Å². The third-order valence-corrected chi connectivity index (χ3v) is 2.81. The fourth-order valence-corrected chi connectivity index (χ4v) is 1.71. The highest BCUT2D eigenvalue weighted by Crippen LogP contribution is 2.27. The highest BCUT2D eigenvalue weighted by Gasteiger charge is 2.33. The molecule has 22 heavy (non-hydrogen) atoms. The second kappa shape index (κ2) is 5.62. The Balaban J connectivity index is 2.27. The number of methoxy groups -OCH3 is 1. The van der Waals surface area contributed by atoms with Crippen LogP contribution in [0, 0.1) is 0 Å². The molecule has 2 aromatic heterocycles. The summed E-state index contributed by atoms with van der Waals surface area (Å²) in [4.78, 5) is 13.4. The van der Waals surface area contributed by atoms with Gasteiger partial charge < -0.3 is 4.74 Å². The molecule has 2 aromatic rings. The first-order valence-electron chi connectivity index (χ1n) is 6.00. The maximum absolute atomic E-state index is 12.4. The van der Waals surface area contributed by atoms with Gasteiger partial charge in [-0.1, -0.05) is 0 Å². The highest BCUT2D eigenvalue weighted by atomic mass is 19.4. The van der Waals surface area contributed by atoms with Gasteiger partial charge in [0.1, 0.15) is 5.56 Å². The first-order chi connectivity index (χ1) is 10.2. The quantitative estimate of drug-likeness (QED) is 0.858. The molecule has 0 N–H and O–H groups in total. The van der Waals surface area contributed by atoms with E-state index in [1.54, 1.807) is 7.05 Å². The van der Waals surface area contributed by atoms with E-state index in [1.165, 1.54) is 25.0 Å². The SMILES string of the molecule is COc1nn(C)cc1C(=O)N(C)c1ccc(C(F)(F)F)nn1. The van der Waals surface area contributed by atoms with Gasteiger partial charge >= 0.3 is 6.18 Å². The maximum atomic E-state index is 12.4. The molecule has 2 heterocycles. The molecule has 0 aromatic carbocycles. The Hall–Kier alpha value is -2.65. The molecule has 0 unspecified atom stereocenters. The molecule has 10 heteroatoms. The molecule has 0 radical (unpaired) electrons. The van der Waals surface area contributed by atoms with E-state index in [4.69, 9.17) is 4.74 Å². The number of halogens is 3. The summed E-state index contributed by atoms with van der Waals surface area (Å²) in [5.41, 5.74) is -0.967. The van der Waals surface area contributed by atoms with E-state index in [9.17, 15) is 18.0 Å². The summed E-state index contributed by atoms with van der Waals surface area (Å²) in [6.45, 7) is 0. The highest BCUT2D eigenvalue weighted by molar-refractivity contribution is 6.06. The lowest BCUT2D eigenvalue weighted by molar-refractivity contribution is -0.141. The first kappa shape index (κ1) is 15.7. The smallest absolute Gasteiger partial charge is 0.435 e. The lowest BCUT2D eigenvalue weighted by Gasteiger charge is -2.15. The monoisotopic (exact) mass is 315 g/mol. The Bertz CT molecular complexity index is 681. The number of aromatic nitrogens is 4. The first-order valence-corrected chi connectivity index (χ1v) is 6.00. The molecule has 0 bridgehead atoms.